The summed E-state index contributed by atoms with van der Waals surface area (Å²) in [7, 11) is 0. The molecule has 0 radical (unpaired) electrons. The summed E-state index contributed by atoms with van der Waals surface area (Å²) < 4.78 is 12.1. The molecule has 1 aromatic carbocycles. The monoisotopic (exact) mass is 309 g/mol. The molecule has 0 unspecified atom stereocenters. The van der Waals surface area contributed by atoms with Gasteiger partial charge in [0.2, 0.25) is 0 Å². The average molecular weight is 310 g/mol. The molecule has 2 aromatic rings. The van der Waals surface area contributed by atoms with E-state index in [2.05, 4.69) is 28.2 Å². The second kappa shape index (κ2) is 6.61. The van der Waals surface area contributed by atoms with E-state index >= 15 is 0 Å². The van der Waals surface area contributed by atoms with Crippen molar-refractivity contribution in [2.45, 2.75) is 20.1 Å². The molecule has 0 spiro atoms. The standard InChI is InChI=1S/C14H16BrNO2/c1-2-16-8-11-7-12(17-9-11)10-18-14-6-4-3-5-13(14)15/h3-7,9,16H,2,8,10H2,1H3. The van der Waals surface area contributed by atoms with Crippen molar-refractivity contribution in [1.82, 2.24) is 5.32 Å². The van der Waals surface area contributed by atoms with E-state index in [0.717, 1.165) is 34.6 Å². The Kier molecular flexibility index (Phi) is 4.84. The number of furan rings is 1. The number of hydrogen-bond acceptors (Lipinski definition) is 3. The zero-order valence-corrected chi connectivity index (χ0v) is 11.9. The number of para-hydroxylation sites is 1. The summed E-state index contributed by atoms with van der Waals surface area (Å²) in [5.74, 6) is 1.65. The van der Waals surface area contributed by atoms with Crippen LogP contribution < -0.4 is 10.1 Å². The van der Waals surface area contributed by atoms with Crippen LogP contribution in [0.5, 0.6) is 5.75 Å². The molecule has 0 aliphatic heterocycles. The molecule has 1 heterocycles. The van der Waals surface area contributed by atoms with Crippen LogP contribution in [-0.2, 0) is 13.2 Å². The number of ether oxygens (including phenoxy) is 1. The summed E-state index contributed by atoms with van der Waals surface area (Å²) in [5, 5.41) is 3.25. The number of hydrogen-bond donors (Lipinski definition) is 1. The Balaban J connectivity index is 1.90. The van der Waals surface area contributed by atoms with E-state index < -0.39 is 0 Å². The molecule has 2 rings (SSSR count). The summed E-state index contributed by atoms with van der Waals surface area (Å²) in [6.07, 6.45) is 1.77. The molecule has 0 fully saturated rings. The van der Waals surface area contributed by atoms with Crippen molar-refractivity contribution >= 4 is 15.9 Å². The van der Waals surface area contributed by atoms with Crippen LogP contribution in [-0.4, -0.2) is 6.54 Å². The lowest BCUT2D eigenvalue weighted by Crippen LogP contribution is -2.10. The van der Waals surface area contributed by atoms with Gasteiger partial charge in [-0.3, -0.25) is 0 Å². The molecule has 0 aliphatic rings. The number of rotatable bonds is 6. The molecule has 0 bridgehead atoms. The number of halogens is 1. The van der Waals surface area contributed by atoms with Gasteiger partial charge in [0, 0.05) is 12.1 Å². The van der Waals surface area contributed by atoms with Crippen LogP contribution in [0.25, 0.3) is 0 Å². The molecule has 96 valence electrons. The van der Waals surface area contributed by atoms with Gasteiger partial charge in [-0.15, -0.1) is 0 Å². The second-order valence-corrected chi connectivity index (χ2v) is 4.78. The van der Waals surface area contributed by atoms with E-state index in [9.17, 15) is 0 Å². The van der Waals surface area contributed by atoms with Crippen molar-refractivity contribution < 1.29 is 9.15 Å². The Labute approximate surface area is 115 Å². The highest BCUT2D eigenvalue weighted by molar-refractivity contribution is 9.10. The fourth-order valence-corrected chi connectivity index (χ4v) is 1.97. The second-order valence-electron chi connectivity index (χ2n) is 3.92. The summed E-state index contributed by atoms with van der Waals surface area (Å²) in [5.41, 5.74) is 1.14. The molecule has 0 amide bonds. The van der Waals surface area contributed by atoms with Gasteiger partial charge in [-0.2, -0.15) is 0 Å². The molecular formula is C14H16BrNO2. The fraction of sp³-hybridized carbons (Fsp3) is 0.286. The van der Waals surface area contributed by atoms with Crippen LogP contribution in [0.15, 0.2) is 45.5 Å². The fourth-order valence-electron chi connectivity index (χ4n) is 1.57. The Hall–Kier alpha value is -1.26. The minimum atomic E-state index is 0.439. The third-order valence-corrected chi connectivity index (χ3v) is 3.15. The molecule has 0 atom stereocenters. The Morgan fingerprint density at radius 3 is 2.94 bits per heavy atom. The maximum Gasteiger partial charge on any atom is 0.146 e. The molecule has 0 saturated carbocycles. The van der Waals surface area contributed by atoms with Gasteiger partial charge in [0.25, 0.3) is 0 Å². The lowest BCUT2D eigenvalue weighted by Gasteiger charge is -2.05. The smallest absolute Gasteiger partial charge is 0.146 e. The quantitative estimate of drug-likeness (QED) is 0.883. The van der Waals surface area contributed by atoms with Crippen molar-refractivity contribution in [3.63, 3.8) is 0 Å². The van der Waals surface area contributed by atoms with Gasteiger partial charge < -0.3 is 14.5 Å². The summed E-state index contributed by atoms with van der Waals surface area (Å²) in [6.45, 7) is 4.30. The summed E-state index contributed by atoms with van der Waals surface area (Å²) >= 11 is 3.44. The first-order valence-corrected chi connectivity index (χ1v) is 6.73. The van der Waals surface area contributed by atoms with Gasteiger partial charge >= 0.3 is 0 Å². The first-order valence-electron chi connectivity index (χ1n) is 5.94. The third-order valence-electron chi connectivity index (χ3n) is 2.49. The molecule has 18 heavy (non-hydrogen) atoms. The van der Waals surface area contributed by atoms with Crippen LogP contribution in [0.3, 0.4) is 0 Å². The zero-order chi connectivity index (χ0) is 12.8. The number of nitrogens with one attached hydrogen (secondary N) is 1. The van der Waals surface area contributed by atoms with E-state index in [1.165, 1.54) is 0 Å². The summed E-state index contributed by atoms with van der Waals surface area (Å²) in [4.78, 5) is 0. The van der Waals surface area contributed by atoms with Crippen LogP contribution in [0.2, 0.25) is 0 Å². The van der Waals surface area contributed by atoms with Crippen molar-refractivity contribution in [3.05, 3.63) is 52.4 Å². The van der Waals surface area contributed by atoms with Gasteiger partial charge in [-0.1, -0.05) is 19.1 Å². The van der Waals surface area contributed by atoms with Gasteiger partial charge in [-0.05, 0) is 40.7 Å². The minimum Gasteiger partial charge on any atom is -0.484 e. The highest BCUT2D eigenvalue weighted by atomic mass is 79.9. The van der Waals surface area contributed by atoms with Crippen LogP contribution in [0.4, 0.5) is 0 Å². The first kappa shape index (κ1) is 13.2. The highest BCUT2D eigenvalue weighted by Gasteiger charge is 2.04. The predicted octanol–water partition coefficient (Wildman–Crippen LogP) is 3.73. The molecule has 1 N–H and O–H groups in total. The highest BCUT2D eigenvalue weighted by Crippen LogP contribution is 2.24. The Morgan fingerprint density at radius 1 is 1.33 bits per heavy atom. The van der Waals surface area contributed by atoms with Crippen LogP contribution >= 0.6 is 15.9 Å². The maximum absolute atomic E-state index is 5.68. The average Bonchev–Trinajstić information content (AvgIpc) is 2.83. The van der Waals surface area contributed by atoms with Crippen molar-refractivity contribution in [1.29, 1.82) is 0 Å². The van der Waals surface area contributed by atoms with E-state index in [1.807, 2.05) is 30.3 Å². The SMILES string of the molecule is CCNCc1coc(COc2ccccc2Br)c1. The largest absolute Gasteiger partial charge is 0.484 e. The van der Waals surface area contributed by atoms with Crippen LogP contribution in [0.1, 0.15) is 18.2 Å². The van der Waals surface area contributed by atoms with E-state index in [0.29, 0.717) is 6.61 Å². The van der Waals surface area contributed by atoms with Gasteiger partial charge in [0.1, 0.15) is 18.1 Å². The number of benzene rings is 1. The Bertz CT molecular complexity index is 496. The maximum atomic E-state index is 5.68. The molecule has 4 heteroatoms. The normalized spacial score (nSPS) is 10.6. The van der Waals surface area contributed by atoms with Gasteiger partial charge in [0.05, 0.1) is 10.7 Å². The topological polar surface area (TPSA) is 34.4 Å². The van der Waals surface area contributed by atoms with E-state index in [4.69, 9.17) is 9.15 Å². The molecule has 3 nitrogen and oxygen atoms in total. The van der Waals surface area contributed by atoms with Crippen molar-refractivity contribution in [2.75, 3.05) is 6.54 Å². The van der Waals surface area contributed by atoms with Crippen molar-refractivity contribution in [2.24, 2.45) is 0 Å². The van der Waals surface area contributed by atoms with Gasteiger partial charge in [-0.25, -0.2) is 0 Å². The van der Waals surface area contributed by atoms with E-state index in [-0.39, 0.29) is 0 Å². The lowest BCUT2D eigenvalue weighted by molar-refractivity contribution is 0.269. The van der Waals surface area contributed by atoms with E-state index in [1.54, 1.807) is 6.26 Å². The minimum absolute atomic E-state index is 0.439. The predicted molar refractivity (Wildman–Crippen MR) is 74.6 cm³/mol. The molecule has 0 aliphatic carbocycles. The summed E-state index contributed by atoms with van der Waals surface area (Å²) in [6, 6.07) is 9.79. The third kappa shape index (κ3) is 3.62. The lowest BCUT2D eigenvalue weighted by atomic mass is 10.3. The molecule has 1 aromatic heterocycles. The molecular weight excluding hydrogens is 294 g/mol. The zero-order valence-electron chi connectivity index (χ0n) is 10.3. The molecule has 0 saturated heterocycles. The van der Waals surface area contributed by atoms with Crippen LogP contribution in [0, 0.1) is 0 Å². The Morgan fingerprint density at radius 2 is 2.17 bits per heavy atom. The van der Waals surface area contributed by atoms with Gasteiger partial charge in [0.15, 0.2) is 0 Å². The van der Waals surface area contributed by atoms with Crippen molar-refractivity contribution in [3.8, 4) is 5.75 Å². The first-order chi connectivity index (χ1) is 8.79.